The fraction of sp³-hybridized carbons (Fsp3) is 0.263. The van der Waals surface area contributed by atoms with E-state index >= 15 is 0 Å². The fourth-order valence-corrected chi connectivity index (χ4v) is 3.23. The van der Waals surface area contributed by atoms with Crippen LogP contribution in [0.4, 0.5) is 5.69 Å². The summed E-state index contributed by atoms with van der Waals surface area (Å²) in [6, 6.07) is 13.7. The van der Waals surface area contributed by atoms with Crippen molar-refractivity contribution in [2.24, 2.45) is 0 Å². The number of thioether (sulfide) groups is 1. The molecule has 1 heterocycles. The first kappa shape index (κ1) is 18.9. The molecule has 7 nitrogen and oxygen atoms in total. The monoisotopic (exact) mass is 383 g/mol. The van der Waals surface area contributed by atoms with Gasteiger partial charge in [-0.15, -0.1) is 5.10 Å². The number of nitrogens with zero attached hydrogens (tertiary/aromatic N) is 4. The topological polar surface area (TPSA) is 81.9 Å². The fourth-order valence-electron chi connectivity index (χ4n) is 2.54. The van der Waals surface area contributed by atoms with Crippen molar-refractivity contribution >= 4 is 23.4 Å². The van der Waals surface area contributed by atoms with Crippen LogP contribution in [0.1, 0.15) is 18.1 Å². The summed E-state index contributed by atoms with van der Waals surface area (Å²) in [7, 11) is 1.58. The first-order chi connectivity index (χ1) is 13.1. The van der Waals surface area contributed by atoms with Crippen LogP contribution in [0.25, 0.3) is 5.69 Å². The summed E-state index contributed by atoms with van der Waals surface area (Å²) in [6.07, 6.45) is 0.972. The van der Waals surface area contributed by atoms with Crippen molar-refractivity contribution in [3.05, 3.63) is 53.6 Å². The summed E-state index contributed by atoms with van der Waals surface area (Å²) in [5, 5.41) is 15.2. The van der Waals surface area contributed by atoms with Crippen LogP contribution in [0, 0.1) is 6.92 Å². The largest absolute Gasteiger partial charge is 0.495 e. The molecule has 1 amide bonds. The van der Waals surface area contributed by atoms with Crippen molar-refractivity contribution in [3.63, 3.8) is 0 Å². The van der Waals surface area contributed by atoms with Crippen LogP contribution in [0.2, 0.25) is 0 Å². The predicted octanol–water partition coefficient (Wildman–Crippen LogP) is 3.27. The Kier molecular flexibility index (Phi) is 6.08. The van der Waals surface area contributed by atoms with E-state index in [9.17, 15) is 4.79 Å². The number of ether oxygens (including phenoxy) is 1. The summed E-state index contributed by atoms with van der Waals surface area (Å²) in [5.74, 6) is 0.657. The van der Waals surface area contributed by atoms with Crippen molar-refractivity contribution < 1.29 is 9.53 Å². The molecule has 140 valence electrons. The highest BCUT2D eigenvalue weighted by atomic mass is 32.2. The molecular formula is C19H21N5O2S. The van der Waals surface area contributed by atoms with E-state index in [1.807, 2.05) is 49.4 Å². The minimum atomic E-state index is -0.153. The minimum Gasteiger partial charge on any atom is -0.495 e. The van der Waals surface area contributed by atoms with Gasteiger partial charge in [0.25, 0.3) is 0 Å². The first-order valence-corrected chi connectivity index (χ1v) is 9.54. The molecular weight excluding hydrogens is 362 g/mol. The Hall–Kier alpha value is -2.87. The number of tetrazole rings is 1. The van der Waals surface area contributed by atoms with Gasteiger partial charge in [0.15, 0.2) is 0 Å². The molecule has 2 aromatic carbocycles. The number of methoxy groups -OCH3 is 1. The molecule has 0 bridgehead atoms. The number of aromatic nitrogens is 4. The highest BCUT2D eigenvalue weighted by molar-refractivity contribution is 7.99. The SMILES string of the molecule is CCc1ccc(-n2nnnc2SCC(=O)Nc2cc(C)ccc2OC)cc1. The lowest BCUT2D eigenvalue weighted by molar-refractivity contribution is -0.113. The van der Waals surface area contributed by atoms with Crippen molar-refractivity contribution in [3.8, 4) is 11.4 Å². The third-order valence-electron chi connectivity index (χ3n) is 3.99. The zero-order valence-electron chi connectivity index (χ0n) is 15.5. The molecule has 0 saturated heterocycles. The number of hydrogen-bond acceptors (Lipinski definition) is 6. The highest BCUT2D eigenvalue weighted by Crippen LogP contribution is 2.26. The molecule has 3 rings (SSSR count). The highest BCUT2D eigenvalue weighted by Gasteiger charge is 2.13. The molecule has 0 atom stereocenters. The van der Waals surface area contributed by atoms with E-state index in [1.54, 1.807) is 11.8 Å². The second kappa shape index (κ2) is 8.68. The number of aryl methyl sites for hydroxylation is 2. The van der Waals surface area contributed by atoms with Crippen molar-refractivity contribution in [1.29, 1.82) is 0 Å². The Morgan fingerprint density at radius 3 is 2.70 bits per heavy atom. The van der Waals surface area contributed by atoms with Gasteiger partial charge in [-0.1, -0.05) is 36.9 Å². The number of benzene rings is 2. The molecule has 27 heavy (non-hydrogen) atoms. The molecule has 3 aromatic rings. The van der Waals surface area contributed by atoms with E-state index < -0.39 is 0 Å². The molecule has 0 spiro atoms. The van der Waals surface area contributed by atoms with Crippen molar-refractivity contribution in [1.82, 2.24) is 20.2 Å². The Bertz CT molecular complexity index is 924. The van der Waals surface area contributed by atoms with Gasteiger partial charge < -0.3 is 10.1 Å². The van der Waals surface area contributed by atoms with Crippen LogP contribution in [0.5, 0.6) is 5.75 Å². The Labute approximate surface area is 162 Å². The van der Waals surface area contributed by atoms with Gasteiger partial charge in [0, 0.05) is 0 Å². The average Bonchev–Trinajstić information content (AvgIpc) is 3.15. The number of hydrogen-bond donors (Lipinski definition) is 1. The second-order valence-corrected chi connectivity index (χ2v) is 6.88. The molecule has 8 heteroatoms. The molecule has 1 aromatic heterocycles. The van der Waals surface area contributed by atoms with E-state index in [0.29, 0.717) is 16.6 Å². The van der Waals surface area contributed by atoms with Crippen LogP contribution in [0.3, 0.4) is 0 Å². The zero-order chi connectivity index (χ0) is 19.2. The predicted molar refractivity (Wildman–Crippen MR) is 106 cm³/mol. The number of carbonyl (C=O) groups is 1. The van der Waals surface area contributed by atoms with Gasteiger partial charge in [0.05, 0.1) is 24.2 Å². The first-order valence-electron chi connectivity index (χ1n) is 8.55. The molecule has 0 unspecified atom stereocenters. The van der Waals surface area contributed by atoms with E-state index in [0.717, 1.165) is 17.7 Å². The Morgan fingerprint density at radius 1 is 1.22 bits per heavy atom. The van der Waals surface area contributed by atoms with Gasteiger partial charge in [-0.3, -0.25) is 4.79 Å². The van der Waals surface area contributed by atoms with E-state index in [1.165, 1.54) is 17.3 Å². The van der Waals surface area contributed by atoms with Gasteiger partial charge in [0.1, 0.15) is 5.75 Å². The van der Waals surface area contributed by atoms with Gasteiger partial charge in [-0.25, -0.2) is 0 Å². The summed E-state index contributed by atoms with van der Waals surface area (Å²) in [4.78, 5) is 12.4. The van der Waals surface area contributed by atoms with Gasteiger partial charge >= 0.3 is 0 Å². The van der Waals surface area contributed by atoms with Crippen LogP contribution in [-0.2, 0) is 11.2 Å². The summed E-state index contributed by atoms with van der Waals surface area (Å²) in [6.45, 7) is 4.07. The molecule has 0 aliphatic rings. The number of anilines is 1. The Morgan fingerprint density at radius 2 is 2.00 bits per heavy atom. The third kappa shape index (κ3) is 4.65. The maximum atomic E-state index is 12.4. The summed E-state index contributed by atoms with van der Waals surface area (Å²) in [5.41, 5.74) is 3.80. The number of rotatable bonds is 7. The number of amides is 1. The third-order valence-corrected chi connectivity index (χ3v) is 4.91. The van der Waals surface area contributed by atoms with Crippen molar-refractivity contribution in [2.45, 2.75) is 25.4 Å². The lowest BCUT2D eigenvalue weighted by Gasteiger charge is -2.11. The average molecular weight is 383 g/mol. The number of nitrogens with one attached hydrogen (secondary N) is 1. The molecule has 1 N–H and O–H groups in total. The lowest BCUT2D eigenvalue weighted by atomic mass is 10.1. The second-order valence-electron chi connectivity index (χ2n) is 5.93. The standard InChI is InChI=1S/C19H21N5O2S/c1-4-14-6-8-15(9-7-14)24-19(21-22-23-24)27-12-18(25)20-16-11-13(2)5-10-17(16)26-3/h5-11H,4,12H2,1-3H3,(H,20,25). The normalized spacial score (nSPS) is 10.6. The quantitative estimate of drug-likeness (QED) is 0.631. The summed E-state index contributed by atoms with van der Waals surface area (Å²) < 4.78 is 6.92. The maximum Gasteiger partial charge on any atom is 0.234 e. The lowest BCUT2D eigenvalue weighted by Crippen LogP contribution is -2.15. The number of carbonyl (C=O) groups excluding carboxylic acids is 1. The van der Waals surface area contributed by atoms with Crippen LogP contribution < -0.4 is 10.1 Å². The van der Waals surface area contributed by atoms with Crippen molar-refractivity contribution in [2.75, 3.05) is 18.2 Å². The van der Waals surface area contributed by atoms with Gasteiger partial charge in [-0.2, -0.15) is 4.68 Å². The summed E-state index contributed by atoms with van der Waals surface area (Å²) >= 11 is 1.28. The van der Waals surface area contributed by atoms with Crippen LogP contribution in [0.15, 0.2) is 47.6 Å². The minimum absolute atomic E-state index is 0.153. The maximum absolute atomic E-state index is 12.4. The van der Waals surface area contributed by atoms with Gasteiger partial charge in [0.2, 0.25) is 11.1 Å². The van der Waals surface area contributed by atoms with Gasteiger partial charge in [-0.05, 0) is 59.2 Å². The molecule has 0 saturated carbocycles. The molecule has 0 aliphatic carbocycles. The van der Waals surface area contributed by atoms with E-state index in [2.05, 4.69) is 27.8 Å². The molecule has 0 fully saturated rings. The smallest absolute Gasteiger partial charge is 0.234 e. The van der Waals surface area contributed by atoms with E-state index in [-0.39, 0.29) is 11.7 Å². The molecule has 0 aliphatic heterocycles. The Balaban J connectivity index is 1.66. The molecule has 0 radical (unpaired) electrons. The van der Waals surface area contributed by atoms with Crippen LogP contribution >= 0.6 is 11.8 Å². The zero-order valence-corrected chi connectivity index (χ0v) is 16.3. The van der Waals surface area contributed by atoms with Crippen LogP contribution in [-0.4, -0.2) is 39.0 Å². The van der Waals surface area contributed by atoms with E-state index in [4.69, 9.17) is 4.74 Å².